The van der Waals surface area contributed by atoms with E-state index >= 15 is 0 Å². The van der Waals surface area contributed by atoms with Gasteiger partial charge in [0.05, 0.1) is 0 Å². The highest BCUT2D eigenvalue weighted by Crippen LogP contribution is 2.62. The highest BCUT2D eigenvalue weighted by Gasteiger charge is 2.39. The van der Waals surface area contributed by atoms with Gasteiger partial charge in [-0.1, -0.05) is 26.1 Å². The first-order chi connectivity index (χ1) is 12.2. The Morgan fingerprint density at radius 1 is 0.440 bits per heavy atom. The molecular formula is C24H39P. The fraction of sp³-hybridized carbons (Fsp3) is 0.750. The van der Waals surface area contributed by atoms with Gasteiger partial charge in [0.25, 0.3) is 0 Å². The van der Waals surface area contributed by atoms with Crippen molar-refractivity contribution in [3.63, 3.8) is 0 Å². The minimum atomic E-state index is 0.210. The topological polar surface area (TPSA) is 0 Å². The second kappa shape index (κ2) is 9.55. The monoisotopic (exact) mass is 358 g/mol. The fourth-order valence-electron chi connectivity index (χ4n) is 5.80. The largest absolute Gasteiger partial charge is 0.103 e. The second-order valence-corrected chi connectivity index (χ2v) is 11.9. The normalized spacial score (nSPS) is 40.8. The first-order valence-electron chi connectivity index (χ1n) is 10.9. The van der Waals surface area contributed by atoms with E-state index in [1.54, 1.807) is 0 Å². The zero-order valence-electron chi connectivity index (χ0n) is 16.2. The molecule has 0 bridgehead atoms. The standard InChI is InChI=1S/C24H39P/c1-4-19-7-13-22(14-8-19)25(23-15-9-20(5-2)10-16-23)24-17-11-21(6-3)12-18-24/h4-6,19-24H,1-3,7-18H2. The van der Waals surface area contributed by atoms with Crippen LogP contribution in [0.4, 0.5) is 0 Å². The maximum Gasteiger partial charge on any atom is -0.0204 e. The molecule has 0 aliphatic heterocycles. The van der Waals surface area contributed by atoms with Crippen LogP contribution in [-0.2, 0) is 0 Å². The SMILES string of the molecule is C=CC1CCC(P(C2CCC(C=C)CC2)C2CCC(C=C)CC2)CC1. The van der Waals surface area contributed by atoms with Crippen LogP contribution >= 0.6 is 7.92 Å². The summed E-state index contributed by atoms with van der Waals surface area (Å²) >= 11 is 0. The Bertz CT molecular complexity index is 362. The van der Waals surface area contributed by atoms with Gasteiger partial charge in [0.2, 0.25) is 0 Å². The van der Waals surface area contributed by atoms with Crippen molar-refractivity contribution in [1.82, 2.24) is 0 Å². The number of allylic oxidation sites excluding steroid dienone is 3. The summed E-state index contributed by atoms with van der Waals surface area (Å²) in [5.74, 6) is 2.42. The molecule has 3 rings (SSSR count). The van der Waals surface area contributed by atoms with Crippen molar-refractivity contribution in [2.45, 2.75) is 94.0 Å². The summed E-state index contributed by atoms with van der Waals surface area (Å²) < 4.78 is 0. The molecule has 0 atom stereocenters. The van der Waals surface area contributed by atoms with Gasteiger partial charge >= 0.3 is 0 Å². The summed E-state index contributed by atoms with van der Waals surface area (Å²) in [7, 11) is 0.210. The molecule has 0 heterocycles. The average molecular weight is 359 g/mol. The lowest BCUT2D eigenvalue weighted by Gasteiger charge is -2.46. The molecule has 0 amide bonds. The minimum Gasteiger partial charge on any atom is -0.103 e. The van der Waals surface area contributed by atoms with Gasteiger partial charge in [-0.3, -0.25) is 0 Å². The lowest BCUT2D eigenvalue weighted by atomic mass is 9.88. The third kappa shape index (κ3) is 4.88. The van der Waals surface area contributed by atoms with E-state index in [1.165, 1.54) is 77.0 Å². The van der Waals surface area contributed by atoms with Crippen molar-refractivity contribution in [3.8, 4) is 0 Å². The van der Waals surface area contributed by atoms with Crippen molar-refractivity contribution in [3.05, 3.63) is 38.0 Å². The highest BCUT2D eigenvalue weighted by atomic mass is 31.1. The molecule has 0 unspecified atom stereocenters. The van der Waals surface area contributed by atoms with Crippen molar-refractivity contribution in [1.29, 1.82) is 0 Å². The molecule has 0 N–H and O–H groups in total. The third-order valence-electron chi connectivity index (χ3n) is 7.49. The zero-order chi connectivity index (χ0) is 17.6. The molecule has 0 radical (unpaired) electrons. The third-order valence-corrected chi connectivity index (χ3v) is 11.6. The average Bonchev–Trinajstić information content (AvgIpc) is 2.70. The summed E-state index contributed by atoms with van der Waals surface area (Å²) in [6.07, 6.45) is 24.1. The van der Waals surface area contributed by atoms with E-state index in [9.17, 15) is 0 Å². The lowest BCUT2D eigenvalue weighted by Crippen LogP contribution is -2.31. The summed E-state index contributed by atoms with van der Waals surface area (Å²) in [4.78, 5) is 0. The molecule has 0 saturated heterocycles. The van der Waals surface area contributed by atoms with E-state index in [-0.39, 0.29) is 7.92 Å². The quantitative estimate of drug-likeness (QED) is 0.337. The van der Waals surface area contributed by atoms with E-state index in [4.69, 9.17) is 0 Å². The number of rotatable bonds is 6. The Kier molecular flexibility index (Phi) is 7.41. The van der Waals surface area contributed by atoms with Crippen LogP contribution in [0.25, 0.3) is 0 Å². The molecule has 0 aromatic rings. The highest BCUT2D eigenvalue weighted by molar-refractivity contribution is 7.60. The molecule has 25 heavy (non-hydrogen) atoms. The Labute approximate surface area is 158 Å². The lowest BCUT2D eigenvalue weighted by molar-refractivity contribution is 0.387. The van der Waals surface area contributed by atoms with E-state index in [2.05, 4.69) is 38.0 Å². The summed E-state index contributed by atoms with van der Waals surface area (Å²) in [5, 5.41) is 0. The Morgan fingerprint density at radius 3 is 0.880 bits per heavy atom. The molecule has 3 fully saturated rings. The first kappa shape index (κ1) is 19.4. The fourth-order valence-corrected chi connectivity index (χ4v) is 10.3. The zero-order valence-corrected chi connectivity index (χ0v) is 17.1. The van der Waals surface area contributed by atoms with Crippen molar-refractivity contribution >= 4 is 7.92 Å². The van der Waals surface area contributed by atoms with E-state index in [1.807, 2.05) is 0 Å². The molecule has 0 aromatic carbocycles. The molecule has 140 valence electrons. The van der Waals surface area contributed by atoms with Crippen molar-refractivity contribution < 1.29 is 0 Å². The van der Waals surface area contributed by atoms with Gasteiger partial charge in [-0.25, -0.2) is 0 Å². The van der Waals surface area contributed by atoms with Crippen molar-refractivity contribution in [2.75, 3.05) is 0 Å². The van der Waals surface area contributed by atoms with Crippen LogP contribution in [0.2, 0.25) is 0 Å². The molecule has 1 heteroatoms. The van der Waals surface area contributed by atoms with Crippen LogP contribution in [0.5, 0.6) is 0 Å². The first-order valence-corrected chi connectivity index (χ1v) is 12.4. The molecule has 0 nitrogen and oxygen atoms in total. The van der Waals surface area contributed by atoms with Crippen LogP contribution in [0.15, 0.2) is 38.0 Å². The summed E-state index contributed by atoms with van der Waals surface area (Å²) in [6.45, 7) is 12.2. The van der Waals surface area contributed by atoms with Gasteiger partial charge < -0.3 is 0 Å². The van der Waals surface area contributed by atoms with E-state index in [0.717, 1.165) is 34.7 Å². The minimum absolute atomic E-state index is 0.210. The van der Waals surface area contributed by atoms with Crippen LogP contribution in [0, 0.1) is 17.8 Å². The van der Waals surface area contributed by atoms with Gasteiger partial charge in [-0.2, -0.15) is 0 Å². The van der Waals surface area contributed by atoms with Crippen LogP contribution in [0.1, 0.15) is 77.0 Å². The number of hydrogen-bond donors (Lipinski definition) is 0. The van der Waals surface area contributed by atoms with Gasteiger partial charge in [0.1, 0.15) is 0 Å². The summed E-state index contributed by atoms with van der Waals surface area (Å²) in [5.41, 5.74) is 3.17. The van der Waals surface area contributed by atoms with Gasteiger partial charge in [0, 0.05) is 0 Å². The molecule has 0 aromatic heterocycles. The predicted octanol–water partition coefficient (Wildman–Crippen LogP) is 7.70. The summed E-state index contributed by atoms with van der Waals surface area (Å²) in [6, 6.07) is 0. The molecule has 3 aliphatic carbocycles. The maximum absolute atomic E-state index is 4.06. The van der Waals surface area contributed by atoms with Crippen LogP contribution in [-0.4, -0.2) is 17.0 Å². The smallest absolute Gasteiger partial charge is 0.0204 e. The molecule has 3 aliphatic rings. The van der Waals surface area contributed by atoms with Crippen LogP contribution in [0.3, 0.4) is 0 Å². The predicted molar refractivity (Wildman–Crippen MR) is 115 cm³/mol. The Hall–Kier alpha value is -0.350. The van der Waals surface area contributed by atoms with Gasteiger partial charge in [-0.15, -0.1) is 19.7 Å². The maximum atomic E-state index is 4.06. The molecule has 0 spiro atoms. The number of hydrogen-bond acceptors (Lipinski definition) is 0. The molecule has 3 saturated carbocycles. The Morgan fingerprint density at radius 2 is 0.680 bits per heavy atom. The van der Waals surface area contributed by atoms with Gasteiger partial charge in [0.15, 0.2) is 0 Å². The van der Waals surface area contributed by atoms with Gasteiger partial charge in [-0.05, 0) is 112 Å². The molecular weight excluding hydrogens is 319 g/mol. The van der Waals surface area contributed by atoms with Crippen molar-refractivity contribution in [2.24, 2.45) is 17.8 Å². The Balaban J connectivity index is 1.67. The van der Waals surface area contributed by atoms with Crippen LogP contribution < -0.4 is 0 Å². The second-order valence-electron chi connectivity index (χ2n) is 8.86. The van der Waals surface area contributed by atoms with E-state index < -0.39 is 0 Å². The van der Waals surface area contributed by atoms with E-state index in [0.29, 0.717) is 0 Å².